The number of hydrogen-bond donors (Lipinski definition) is 1. The third-order valence-corrected chi connectivity index (χ3v) is 3.64. The van der Waals surface area contributed by atoms with Crippen LogP contribution in [0.5, 0.6) is 0 Å². The van der Waals surface area contributed by atoms with Crippen LogP contribution in [0.3, 0.4) is 0 Å². The number of nitrogens with zero attached hydrogens (tertiary/aromatic N) is 2. The van der Waals surface area contributed by atoms with Crippen molar-refractivity contribution < 1.29 is 0 Å². The van der Waals surface area contributed by atoms with Gasteiger partial charge in [-0.1, -0.05) is 32.0 Å². The summed E-state index contributed by atoms with van der Waals surface area (Å²) in [5.74, 6) is 1.81. The molecule has 1 heterocycles. The van der Waals surface area contributed by atoms with Crippen LogP contribution < -0.4 is 5.73 Å². The van der Waals surface area contributed by atoms with Crippen molar-refractivity contribution in [3.05, 3.63) is 18.0 Å². The van der Waals surface area contributed by atoms with Crippen molar-refractivity contribution in [3.63, 3.8) is 0 Å². The summed E-state index contributed by atoms with van der Waals surface area (Å²) in [5, 5.41) is 0.869. The topological polar surface area (TPSA) is 51.8 Å². The first-order chi connectivity index (χ1) is 7.61. The molecule has 0 amide bonds. The number of aromatic nitrogens is 2. The molecule has 0 bridgehead atoms. The minimum absolute atomic E-state index is 0.169. The van der Waals surface area contributed by atoms with Crippen molar-refractivity contribution in [2.24, 2.45) is 11.7 Å². The highest BCUT2D eigenvalue weighted by Crippen LogP contribution is 2.17. The second-order valence-corrected chi connectivity index (χ2v) is 5.37. The molecule has 0 aromatic carbocycles. The molecule has 2 atom stereocenters. The van der Waals surface area contributed by atoms with Gasteiger partial charge in [-0.25, -0.2) is 9.97 Å². The van der Waals surface area contributed by atoms with E-state index in [1.54, 1.807) is 11.8 Å². The Kier molecular flexibility index (Phi) is 5.77. The van der Waals surface area contributed by atoms with Crippen molar-refractivity contribution in [3.8, 4) is 0 Å². The van der Waals surface area contributed by atoms with E-state index in [2.05, 4.69) is 23.8 Å². The Hall–Kier alpha value is -0.610. The molecular formula is C12H21N3S. The van der Waals surface area contributed by atoms with Gasteiger partial charge in [0, 0.05) is 24.2 Å². The van der Waals surface area contributed by atoms with Crippen molar-refractivity contribution in [1.82, 2.24) is 9.97 Å². The third-order valence-electron chi connectivity index (χ3n) is 2.43. The lowest BCUT2D eigenvalue weighted by atomic mass is 10.1. The summed E-state index contributed by atoms with van der Waals surface area (Å²) in [4.78, 5) is 8.67. The van der Waals surface area contributed by atoms with E-state index in [1.165, 1.54) is 6.42 Å². The fourth-order valence-electron chi connectivity index (χ4n) is 1.23. The van der Waals surface area contributed by atoms with Gasteiger partial charge < -0.3 is 5.73 Å². The number of thioether (sulfide) groups is 1. The molecule has 0 spiro atoms. The Labute approximate surface area is 102 Å². The van der Waals surface area contributed by atoms with Crippen molar-refractivity contribution >= 4 is 11.8 Å². The standard InChI is InChI=1S/C12H21N3S/c1-4-9(2)8-16-12-14-6-11(7-15-12)5-10(3)13/h6-7,9-10H,4-5,8,13H2,1-3H3. The summed E-state index contributed by atoms with van der Waals surface area (Å²) in [5.41, 5.74) is 6.83. The lowest BCUT2D eigenvalue weighted by Gasteiger charge is -2.07. The van der Waals surface area contributed by atoms with E-state index in [4.69, 9.17) is 5.73 Å². The van der Waals surface area contributed by atoms with E-state index < -0.39 is 0 Å². The second kappa shape index (κ2) is 6.86. The highest BCUT2D eigenvalue weighted by atomic mass is 32.2. The van der Waals surface area contributed by atoms with Gasteiger partial charge in [-0.2, -0.15) is 0 Å². The van der Waals surface area contributed by atoms with E-state index in [-0.39, 0.29) is 6.04 Å². The molecule has 90 valence electrons. The zero-order valence-corrected chi connectivity index (χ0v) is 11.1. The largest absolute Gasteiger partial charge is 0.328 e. The third kappa shape index (κ3) is 4.94. The SMILES string of the molecule is CCC(C)CSc1ncc(CC(C)N)cn1. The Balaban J connectivity index is 2.45. The van der Waals surface area contributed by atoms with E-state index in [0.717, 1.165) is 28.8 Å². The number of rotatable bonds is 6. The van der Waals surface area contributed by atoms with Crippen LogP contribution in [0.15, 0.2) is 17.6 Å². The predicted molar refractivity (Wildman–Crippen MR) is 69.6 cm³/mol. The maximum atomic E-state index is 5.72. The average Bonchev–Trinajstić information content (AvgIpc) is 2.27. The molecule has 0 saturated heterocycles. The molecule has 0 radical (unpaired) electrons. The lowest BCUT2D eigenvalue weighted by molar-refractivity contribution is 0.636. The van der Waals surface area contributed by atoms with Gasteiger partial charge in [-0.15, -0.1) is 0 Å². The van der Waals surface area contributed by atoms with E-state index in [9.17, 15) is 0 Å². The fourth-order valence-corrected chi connectivity index (χ4v) is 2.15. The molecule has 1 rings (SSSR count). The average molecular weight is 239 g/mol. The molecule has 16 heavy (non-hydrogen) atoms. The minimum atomic E-state index is 0.169. The lowest BCUT2D eigenvalue weighted by Crippen LogP contribution is -2.18. The number of nitrogens with two attached hydrogens (primary N) is 1. The molecule has 0 aliphatic carbocycles. The van der Waals surface area contributed by atoms with Gasteiger partial charge in [0.1, 0.15) is 0 Å². The smallest absolute Gasteiger partial charge is 0.187 e. The van der Waals surface area contributed by atoms with Crippen LogP contribution in [0.1, 0.15) is 32.8 Å². The van der Waals surface area contributed by atoms with Crippen molar-refractivity contribution in [2.45, 2.75) is 44.8 Å². The van der Waals surface area contributed by atoms with Crippen LogP contribution >= 0.6 is 11.8 Å². The molecule has 0 saturated carbocycles. The molecule has 4 heteroatoms. The zero-order valence-electron chi connectivity index (χ0n) is 10.3. The molecule has 1 aromatic rings. The summed E-state index contributed by atoms with van der Waals surface area (Å²) < 4.78 is 0. The molecule has 2 unspecified atom stereocenters. The van der Waals surface area contributed by atoms with E-state index in [1.807, 2.05) is 19.3 Å². The van der Waals surface area contributed by atoms with Crippen LogP contribution in [0, 0.1) is 5.92 Å². The highest BCUT2D eigenvalue weighted by molar-refractivity contribution is 7.99. The van der Waals surface area contributed by atoms with Crippen LogP contribution in [0.2, 0.25) is 0 Å². The van der Waals surface area contributed by atoms with Crippen LogP contribution in [-0.2, 0) is 6.42 Å². The first kappa shape index (κ1) is 13.5. The molecule has 0 aliphatic heterocycles. The maximum Gasteiger partial charge on any atom is 0.187 e. The first-order valence-electron chi connectivity index (χ1n) is 5.81. The van der Waals surface area contributed by atoms with Gasteiger partial charge >= 0.3 is 0 Å². The summed E-state index contributed by atoms with van der Waals surface area (Å²) in [7, 11) is 0. The quantitative estimate of drug-likeness (QED) is 0.612. The predicted octanol–water partition coefficient (Wildman–Crippen LogP) is 2.50. The molecular weight excluding hydrogens is 218 g/mol. The van der Waals surface area contributed by atoms with E-state index in [0.29, 0.717) is 0 Å². The normalized spacial score (nSPS) is 14.8. The summed E-state index contributed by atoms with van der Waals surface area (Å²) in [6.45, 7) is 6.45. The highest BCUT2D eigenvalue weighted by Gasteiger charge is 2.04. The Morgan fingerprint density at radius 1 is 1.31 bits per heavy atom. The summed E-state index contributed by atoms with van der Waals surface area (Å²) in [6.07, 6.45) is 5.82. The Bertz CT molecular complexity index is 298. The fraction of sp³-hybridized carbons (Fsp3) is 0.667. The Morgan fingerprint density at radius 2 is 1.94 bits per heavy atom. The van der Waals surface area contributed by atoms with Gasteiger partial charge in [0.25, 0.3) is 0 Å². The van der Waals surface area contributed by atoms with Gasteiger partial charge in [0.15, 0.2) is 5.16 Å². The van der Waals surface area contributed by atoms with Crippen LogP contribution in [0.4, 0.5) is 0 Å². The zero-order chi connectivity index (χ0) is 12.0. The van der Waals surface area contributed by atoms with Crippen LogP contribution in [-0.4, -0.2) is 21.8 Å². The Morgan fingerprint density at radius 3 is 2.44 bits per heavy atom. The van der Waals surface area contributed by atoms with Crippen molar-refractivity contribution in [2.75, 3.05) is 5.75 Å². The van der Waals surface area contributed by atoms with Gasteiger partial charge in [0.05, 0.1) is 0 Å². The molecule has 0 aliphatic rings. The molecule has 0 fully saturated rings. The van der Waals surface area contributed by atoms with Gasteiger partial charge in [-0.3, -0.25) is 0 Å². The summed E-state index contributed by atoms with van der Waals surface area (Å²) in [6, 6.07) is 0.169. The molecule has 3 nitrogen and oxygen atoms in total. The second-order valence-electron chi connectivity index (χ2n) is 4.38. The molecule has 2 N–H and O–H groups in total. The molecule has 1 aromatic heterocycles. The van der Waals surface area contributed by atoms with Gasteiger partial charge in [-0.05, 0) is 24.8 Å². The number of hydrogen-bond acceptors (Lipinski definition) is 4. The maximum absolute atomic E-state index is 5.72. The first-order valence-corrected chi connectivity index (χ1v) is 6.79. The minimum Gasteiger partial charge on any atom is -0.328 e. The van der Waals surface area contributed by atoms with E-state index >= 15 is 0 Å². The summed E-state index contributed by atoms with van der Waals surface area (Å²) >= 11 is 1.73. The van der Waals surface area contributed by atoms with Crippen molar-refractivity contribution in [1.29, 1.82) is 0 Å². The van der Waals surface area contributed by atoms with Crippen LogP contribution in [0.25, 0.3) is 0 Å². The van der Waals surface area contributed by atoms with Gasteiger partial charge in [0.2, 0.25) is 0 Å². The monoisotopic (exact) mass is 239 g/mol.